The Morgan fingerprint density at radius 1 is 1.30 bits per heavy atom. The smallest absolute Gasteiger partial charge is 0.369 e. The van der Waals surface area contributed by atoms with E-state index in [0.29, 0.717) is 29.8 Å². The van der Waals surface area contributed by atoms with E-state index in [4.69, 9.17) is 6.11 Å². The zero-order valence-electron chi connectivity index (χ0n) is 14.1. The topological polar surface area (TPSA) is 92.7 Å². The van der Waals surface area contributed by atoms with Crippen LogP contribution in [0, 0.1) is 6.92 Å². The lowest BCUT2D eigenvalue weighted by molar-refractivity contribution is 0.290. The van der Waals surface area contributed by atoms with Gasteiger partial charge in [-0.3, -0.25) is 0 Å². The van der Waals surface area contributed by atoms with Gasteiger partial charge in [0.15, 0.2) is 0 Å². The molecule has 0 saturated carbocycles. The van der Waals surface area contributed by atoms with Gasteiger partial charge >= 0.3 is 5.69 Å². The SMILES string of the molecule is [3H]c1ccc(OCc2c(-n3nnn(C)c3=O)nnn2CC)c(C)c1. The van der Waals surface area contributed by atoms with E-state index in [1.807, 2.05) is 13.8 Å². The maximum absolute atomic E-state index is 12.0. The minimum Gasteiger partial charge on any atom is -0.487 e. The number of aryl methyl sites for hydroxylation is 3. The van der Waals surface area contributed by atoms with Gasteiger partial charge < -0.3 is 4.74 Å². The first-order valence-electron chi connectivity index (χ1n) is 7.63. The van der Waals surface area contributed by atoms with Crippen LogP contribution in [-0.4, -0.2) is 34.8 Å². The fourth-order valence-electron chi connectivity index (χ4n) is 2.14. The summed E-state index contributed by atoms with van der Waals surface area (Å²) in [5, 5.41) is 15.5. The molecule has 0 bridgehead atoms. The van der Waals surface area contributed by atoms with Crippen molar-refractivity contribution in [2.24, 2.45) is 7.05 Å². The highest BCUT2D eigenvalue weighted by atomic mass is 16.5. The molecule has 2 aromatic heterocycles. The fraction of sp³-hybridized carbons (Fsp3) is 0.357. The summed E-state index contributed by atoms with van der Waals surface area (Å²) >= 11 is 0. The number of aromatic nitrogens is 7. The summed E-state index contributed by atoms with van der Waals surface area (Å²) in [6.45, 7) is 4.53. The molecule has 0 saturated heterocycles. The Labute approximate surface area is 133 Å². The summed E-state index contributed by atoms with van der Waals surface area (Å²) in [6.07, 6.45) is 0. The van der Waals surface area contributed by atoms with Gasteiger partial charge in [-0.25, -0.2) is 9.48 Å². The molecule has 120 valence electrons. The zero-order valence-corrected chi connectivity index (χ0v) is 13.1. The third-order valence-corrected chi connectivity index (χ3v) is 3.42. The van der Waals surface area contributed by atoms with Crippen LogP contribution < -0.4 is 10.4 Å². The molecule has 3 aromatic rings. The highest BCUT2D eigenvalue weighted by Gasteiger charge is 2.19. The quantitative estimate of drug-likeness (QED) is 0.679. The Bertz CT molecular complexity index is 928. The number of hydrogen-bond donors (Lipinski definition) is 0. The number of para-hydroxylation sites is 1. The van der Waals surface area contributed by atoms with Crippen LogP contribution in [0.3, 0.4) is 0 Å². The lowest BCUT2D eigenvalue weighted by Crippen LogP contribution is -2.23. The predicted molar refractivity (Wildman–Crippen MR) is 81.4 cm³/mol. The second-order valence-corrected chi connectivity index (χ2v) is 4.95. The standard InChI is InChI=1S/C14H17N7O2/c1-4-20-11(9-23-12-8-6-5-7-10(12)2)13(15-16-20)21-14(22)19(3)17-18-21/h5-8H,4,9H2,1-3H3/i5T. The normalized spacial score (nSPS) is 11.5. The fourth-order valence-corrected chi connectivity index (χ4v) is 2.14. The summed E-state index contributed by atoms with van der Waals surface area (Å²) in [5.74, 6) is 0.956. The molecule has 0 aliphatic rings. The van der Waals surface area contributed by atoms with E-state index >= 15 is 0 Å². The Balaban J connectivity index is 1.94. The number of tetrazole rings is 1. The van der Waals surface area contributed by atoms with Crippen molar-refractivity contribution in [3.63, 3.8) is 0 Å². The van der Waals surface area contributed by atoms with E-state index < -0.39 is 5.69 Å². The van der Waals surface area contributed by atoms with Crippen molar-refractivity contribution in [2.75, 3.05) is 0 Å². The maximum Gasteiger partial charge on any atom is 0.369 e. The van der Waals surface area contributed by atoms with Gasteiger partial charge in [0.25, 0.3) is 0 Å². The molecule has 0 aliphatic carbocycles. The second kappa shape index (κ2) is 6.03. The van der Waals surface area contributed by atoms with Crippen LogP contribution in [0.5, 0.6) is 5.75 Å². The minimum atomic E-state index is -0.408. The van der Waals surface area contributed by atoms with Crippen LogP contribution in [0.4, 0.5) is 0 Å². The molecule has 0 N–H and O–H groups in total. The van der Waals surface area contributed by atoms with Crippen molar-refractivity contribution in [3.05, 3.63) is 46.0 Å². The monoisotopic (exact) mass is 317 g/mol. The van der Waals surface area contributed by atoms with Crippen LogP contribution in [0.25, 0.3) is 5.82 Å². The summed E-state index contributed by atoms with van der Waals surface area (Å²) in [5.41, 5.74) is 1.07. The predicted octanol–water partition coefficient (Wildman–Crippen LogP) is 0.465. The van der Waals surface area contributed by atoms with Gasteiger partial charge in [-0.05, 0) is 35.9 Å². The first-order chi connectivity index (χ1) is 11.5. The molecule has 23 heavy (non-hydrogen) atoms. The van der Waals surface area contributed by atoms with Crippen LogP contribution in [-0.2, 0) is 20.2 Å². The summed E-state index contributed by atoms with van der Waals surface area (Å²) in [6, 6.07) is 5.54. The van der Waals surface area contributed by atoms with Gasteiger partial charge in [-0.1, -0.05) is 23.4 Å². The van der Waals surface area contributed by atoms with Crippen LogP contribution in [0.15, 0.2) is 29.0 Å². The molecule has 0 spiro atoms. The highest BCUT2D eigenvalue weighted by Crippen LogP contribution is 2.19. The van der Waals surface area contributed by atoms with Gasteiger partial charge in [0.05, 0.1) is 1.37 Å². The molecule has 3 rings (SSSR count). The van der Waals surface area contributed by atoms with Gasteiger partial charge in [-0.15, -0.1) is 9.78 Å². The molecule has 9 heteroatoms. The number of benzene rings is 1. The molecule has 0 radical (unpaired) electrons. The summed E-state index contributed by atoms with van der Waals surface area (Å²) in [7, 11) is 1.51. The molecular formula is C14H17N7O2. The molecule has 2 heterocycles. The maximum atomic E-state index is 12.0. The van der Waals surface area contributed by atoms with E-state index in [1.165, 1.54) is 7.05 Å². The van der Waals surface area contributed by atoms with Crippen molar-refractivity contribution in [2.45, 2.75) is 27.0 Å². The van der Waals surface area contributed by atoms with Crippen LogP contribution in [0.1, 0.15) is 19.6 Å². The van der Waals surface area contributed by atoms with Crippen LogP contribution >= 0.6 is 0 Å². The van der Waals surface area contributed by atoms with E-state index in [2.05, 4.69) is 20.7 Å². The third-order valence-electron chi connectivity index (χ3n) is 3.42. The Morgan fingerprint density at radius 3 is 2.78 bits per heavy atom. The molecule has 0 aliphatic heterocycles. The molecule has 0 unspecified atom stereocenters. The number of ether oxygens (including phenoxy) is 1. The Kier molecular flexibility index (Phi) is 3.59. The first kappa shape index (κ1) is 13.7. The molecule has 0 atom stereocenters. The third kappa shape index (κ3) is 2.72. The molecule has 9 nitrogen and oxygen atoms in total. The molecular weight excluding hydrogens is 298 g/mol. The molecule has 0 fully saturated rings. The molecule has 1 aromatic carbocycles. The lowest BCUT2D eigenvalue weighted by atomic mass is 10.2. The van der Waals surface area contributed by atoms with Gasteiger partial charge in [0.1, 0.15) is 18.1 Å². The lowest BCUT2D eigenvalue weighted by Gasteiger charge is -2.10. The summed E-state index contributed by atoms with van der Waals surface area (Å²) < 4.78 is 17.3. The largest absolute Gasteiger partial charge is 0.487 e. The van der Waals surface area contributed by atoms with Crippen molar-refractivity contribution < 1.29 is 6.11 Å². The number of rotatable bonds is 5. The number of hydrogen-bond acceptors (Lipinski definition) is 6. The van der Waals surface area contributed by atoms with Crippen molar-refractivity contribution in [1.29, 1.82) is 0 Å². The van der Waals surface area contributed by atoms with Crippen molar-refractivity contribution in [1.82, 2.24) is 34.8 Å². The molecule has 0 amide bonds. The second-order valence-electron chi connectivity index (χ2n) is 4.95. The summed E-state index contributed by atoms with van der Waals surface area (Å²) in [4.78, 5) is 12.0. The van der Waals surface area contributed by atoms with Crippen LogP contribution in [0.2, 0.25) is 0 Å². The van der Waals surface area contributed by atoms with E-state index in [-0.39, 0.29) is 6.61 Å². The minimum absolute atomic E-state index is 0.164. The Morgan fingerprint density at radius 2 is 2.13 bits per heavy atom. The van der Waals surface area contributed by atoms with Gasteiger partial charge in [0, 0.05) is 13.6 Å². The first-order valence-corrected chi connectivity index (χ1v) is 7.13. The Hall–Kier alpha value is -2.97. The van der Waals surface area contributed by atoms with Crippen molar-refractivity contribution in [3.8, 4) is 11.6 Å². The van der Waals surface area contributed by atoms with Gasteiger partial charge in [-0.2, -0.15) is 4.68 Å². The van der Waals surface area contributed by atoms with E-state index in [0.717, 1.165) is 14.9 Å². The highest BCUT2D eigenvalue weighted by molar-refractivity contribution is 5.32. The number of nitrogens with zero attached hydrogens (tertiary/aromatic N) is 7. The van der Waals surface area contributed by atoms with Crippen molar-refractivity contribution >= 4 is 0 Å². The average molecular weight is 317 g/mol. The zero-order chi connectivity index (χ0) is 17.3. The van der Waals surface area contributed by atoms with E-state index in [9.17, 15) is 4.79 Å². The average Bonchev–Trinajstić information content (AvgIpc) is 3.10. The van der Waals surface area contributed by atoms with E-state index in [1.54, 1.807) is 22.9 Å². The van der Waals surface area contributed by atoms with Gasteiger partial charge in [0.2, 0.25) is 5.82 Å².